The van der Waals surface area contributed by atoms with Crippen molar-refractivity contribution in [2.24, 2.45) is 5.92 Å². The number of hydrogen-bond acceptors (Lipinski definition) is 5. The van der Waals surface area contributed by atoms with E-state index < -0.39 is 17.7 Å². The highest BCUT2D eigenvalue weighted by molar-refractivity contribution is 6.07. The number of benzene rings is 1. The maximum Gasteiger partial charge on any atom is 0.325 e. The zero-order valence-electron chi connectivity index (χ0n) is 17.1. The molecule has 1 aliphatic heterocycles. The van der Waals surface area contributed by atoms with Gasteiger partial charge in [-0.2, -0.15) is 0 Å². The highest BCUT2D eigenvalue weighted by atomic mass is 16.5. The fraction of sp³-hybridized carbons (Fsp3) is 0.545. The summed E-state index contributed by atoms with van der Waals surface area (Å²) >= 11 is 0. The highest BCUT2D eigenvalue weighted by Crippen LogP contribution is 2.38. The van der Waals surface area contributed by atoms with E-state index in [2.05, 4.69) is 11.9 Å². The molecule has 1 saturated heterocycles. The van der Waals surface area contributed by atoms with Gasteiger partial charge < -0.3 is 19.9 Å². The molecule has 1 spiro atoms. The number of urea groups is 1. The number of ether oxygens (including phenoxy) is 2. The average Bonchev–Trinajstić information content (AvgIpc) is 2.94. The van der Waals surface area contributed by atoms with E-state index in [0.29, 0.717) is 24.3 Å². The second-order valence-corrected chi connectivity index (χ2v) is 7.91. The van der Waals surface area contributed by atoms with Gasteiger partial charge in [-0.05, 0) is 42.9 Å². The normalized spacial score (nSPS) is 25.1. The van der Waals surface area contributed by atoms with E-state index in [-0.39, 0.29) is 25.0 Å². The van der Waals surface area contributed by atoms with E-state index >= 15 is 0 Å². The van der Waals surface area contributed by atoms with Crippen molar-refractivity contribution in [2.75, 3.05) is 20.3 Å². The molecule has 0 bridgehead atoms. The van der Waals surface area contributed by atoms with Crippen LogP contribution in [-0.2, 0) is 11.2 Å². The van der Waals surface area contributed by atoms with E-state index in [1.54, 1.807) is 19.3 Å². The molecular formula is C22H30N2O5. The SMILES string of the molecule is C=CCc1ccc(OCC(O)CN2C(=O)NC3(CCCCC3C)C2=O)c(OC)c1. The minimum atomic E-state index is -1.00. The quantitative estimate of drug-likeness (QED) is 0.516. The van der Waals surface area contributed by atoms with Gasteiger partial charge in [0.1, 0.15) is 18.2 Å². The van der Waals surface area contributed by atoms with Gasteiger partial charge in [0.15, 0.2) is 11.5 Å². The van der Waals surface area contributed by atoms with Crippen LogP contribution in [0.4, 0.5) is 4.79 Å². The van der Waals surface area contributed by atoms with Crippen LogP contribution in [0.2, 0.25) is 0 Å². The molecule has 2 N–H and O–H groups in total. The molecule has 3 unspecified atom stereocenters. The number of amides is 3. The van der Waals surface area contributed by atoms with Crippen LogP contribution in [0.5, 0.6) is 11.5 Å². The molecule has 3 amide bonds. The molecule has 158 valence electrons. The van der Waals surface area contributed by atoms with Gasteiger partial charge in [-0.25, -0.2) is 4.79 Å². The molecule has 7 nitrogen and oxygen atoms in total. The lowest BCUT2D eigenvalue weighted by atomic mass is 9.73. The zero-order valence-corrected chi connectivity index (χ0v) is 17.1. The Bertz CT molecular complexity index is 780. The molecule has 2 fully saturated rings. The van der Waals surface area contributed by atoms with Gasteiger partial charge >= 0.3 is 6.03 Å². The van der Waals surface area contributed by atoms with Crippen LogP contribution in [-0.4, -0.2) is 53.8 Å². The number of β-amino-alcohol motifs (C(OH)–C–C–N with tert-alkyl or cyclic N) is 1. The lowest BCUT2D eigenvalue weighted by Gasteiger charge is -2.36. The number of imide groups is 1. The molecule has 7 heteroatoms. The number of hydrogen-bond donors (Lipinski definition) is 2. The number of nitrogens with one attached hydrogen (secondary N) is 1. The molecule has 1 aromatic rings. The maximum atomic E-state index is 13.0. The summed E-state index contributed by atoms with van der Waals surface area (Å²) in [5.74, 6) is 0.903. The number of methoxy groups -OCH3 is 1. The first-order valence-corrected chi connectivity index (χ1v) is 10.1. The van der Waals surface area contributed by atoms with Crippen LogP contribution in [0.3, 0.4) is 0 Å². The van der Waals surface area contributed by atoms with Gasteiger partial charge in [0, 0.05) is 0 Å². The second kappa shape index (κ2) is 8.86. The molecule has 3 atom stereocenters. The van der Waals surface area contributed by atoms with E-state index in [4.69, 9.17) is 9.47 Å². The Morgan fingerprint density at radius 3 is 2.86 bits per heavy atom. The molecule has 1 saturated carbocycles. The number of carbonyl (C=O) groups excluding carboxylic acids is 2. The van der Waals surface area contributed by atoms with Crippen LogP contribution in [0, 0.1) is 5.92 Å². The Morgan fingerprint density at radius 2 is 2.17 bits per heavy atom. The monoisotopic (exact) mass is 402 g/mol. The predicted octanol–water partition coefficient (Wildman–Crippen LogP) is 2.66. The van der Waals surface area contributed by atoms with Crippen molar-refractivity contribution in [1.82, 2.24) is 10.2 Å². The zero-order chi connectivity index (χ0) is 21.0. The molecule has 2 aliphatic rings. The third kappa shape index (κ3) is 4.24. The summed E-state index contributed by atoms with van der Waals surface area (Å²) in [6.45, 7) is 5.56. The lowest BCUT2D eigenvalue weighted by molar-refractivity contribution is -0.135. The Labute approximate surface area is 171 Å². The number of carbonyl (C=O) groups is 2. The van der Waals surface area contributed by atoms with Gasteiger partial charge in [0.2, 0.25) is 0 Å². The minimum Gasteiger partial charge on any atom is -0.493 e. The van der Waals surface area contributed by atoms with Gasteiger partial charge in [0.05, 0.1) is 13.7 Å². The van der Waals surface area contributed by atoms with Crippen molar-refractivity contribution >= 4 is 11.9 Å². The van der Waals surface area contributed by atoms with Gasteiger partial charge in [-0.15, -0.1) is 6.58 Å². The number of rotatable bonds is 8. The van der Waals surface area contributed by atoms with Crippen molar-refractivity contribution in [1.29, 1.82) is 0 Å². The number of aliphatic hydroxyl groups is 1. The predicted molar refractivity (Wildman–Crippen MR) is 109 cm³/mol. The Balaban J connectivity index is 1.61. The Hall–Kier alpha value is -2.54. The molecule has 29 heavy (non-hydrogen) atoms. The largest absolute Gasteiger partial charge is 0.493 e. The van der Waals surface area contributed by atoms with Crippen LogP contribution >= 0.6 is 0 Å². The summed E-state index contributed by atoms with van der Waals surface area (Å²) in [4.78, 5) is 26.5. The fourth-order valence-electron chi connectivity index (χ4n) is 4.24. The lowest BCUT2D eigenvalue weighted by Crippen LogP contribution is -2.54. The molecule has 3 rings (SSSR count). The average molecular weight is 402 g/mol. The van der Waals surface area contributed by atoms with Crippen molar-refractivity contribution < 1.29 is 24.2 Å². The summed E-state index contributed by atoms with van der Waals surface area (Å²) in [6.07, 6.45) is 5.05. The smallest absolute Gasteiger partial charge is 0.325 e. The molecular weight excluding hydrogens is 372 g/mol. The van der Waals surface area contributed by atoms with Crippen molar-refractivity contribution in [3.05, 3.63) is 36.4 Å². The Kier molecular flexibility index (Phi) is 6.47. The van der Waals surface area contributed by atoms with Crippen molar-refractivity contribution in [3.8, 4) is 11.5 Å². The summed E-state index contributed by atoms with van der Waals surface area (Å²) in [6, 6.07) is 5.10. The first kappa shape index (κ1) is 21.2. The number of nitrogens with zero attached hydrogens (tertiary/aromatic N) is 1. The van der Waals surface area contributed by atoms with Crippen LogP contribution in [0.15, 0.2) is 30.9 Å². The first-order valence-electron chi connectivity index (χ1n) is 10.1. The molecule has 0 aromatic heterocycles. The molecule has 1 aromatic carbocycles. The summed E-state index contributed by atoms with van der Waals surface area (Å²) in [5.41, 5.74) is 0.219. The molecule has 1 heterocycles. The summed E-state index contributed by atoms with van der Waals surface area (Å²) in [5, 5.41) is 13.3. The Morgan fingerprint density at radius 1 is 1.38 bits per heavy atom. The van der Waals surface area contributed by atoms with Crippen LogP contribution < -0.4 is 14.8 Å². The molecule has 0 radical (unpaired) electrons. The van der Waals surface area contributed by atoms with Crippen molar-refractivity contribution in [2.45, 2.75) is 50.7 Å². The minimum absolute atomic E-state index is 0.0588. The first-order chi connectivity index (χ1) is 13.9. The maximum absolute atomic E-state index is 13.0. The van der Waals surface area contributed by atoms with E-state index in [9.17, 15) is 14.7 Å². The summed E-state index contributed by atoms with van der Waals surface area (Å²) in [7, 11) is 1.55. The second-order valence-electron chi connectivity index (χ2n) is 7.91. The summed E-state index contributed by atoms with van der Waals surface area (Å²) < 4.78 is 11.0. The van der Waals surface area contributed by atoms with Crippen LogP contribution in [0.1, 0.15) is 38.2 Å². The third-order valence-corrected chi connectivity index (χ3v) is 5.93. The highest BCUT2D eigenvalue weighted by Gasteiger charge is 2.55. The van der Waals surface area contributed by atoms with Gasteiger partial charge in [-0.1, -0.05) is 31.9 Å². The standard InChI is InChI=1S/C22H30N2O5/c1-4-7-16-9-10-18(19(12-16)28-3)29-14-17(25)13-24-20(26)22(23-21(24)27)11-6-5-8-15(22)2/h4,9-10,12,15,17,25H,1,5-8,11,13-14H2,2-3H3,(H,23,27). The fourth-order valence-corrected chi connectivity index (χ4v) is 4.24. The van der Waals surface area contributed by atoms with E-state index in [1.165, 1.54) is 0 Å². The number of allylic oxidation sites excluding steroid dienone is 1. The van der Waals surface area contributed by atoms with E-state index in [0.717, 1.165) is 29.7 Å². The molecule has 1 aliphatic carbocycles. The van der Waals surface area contributed by atoms with E-state index in [1.807, 2.05) is 19.1 Å². The number of aliphatic hydroxyl groups excluding tert-OH is 1. The topological polar surface area (TPSA) is 88.1 Å². The van der Waals surface area contributed by atoms with Crippen molar-refractivity contribution in [3.63, 3.8) is 0 Å². The van der Waals surface area contributed by atoms with Gasteiger partial charge in [-0.3, -0.25) is 9.69 Å². The van der Waals surface area contributed by atoms with Crippen LogP contribution in [0.25, 0.3) is 0 Å². The van der Waals surface area contributed by atoms with Gasteiger partial charge in [0.25, 0.3) is 5.91 Å². The third-order valence-electron chi connectivity index (χ3n) is 5.93.